The Morgan fingerprint density at radius 2 is 2.00 bits per heavy atom. The summed E-state index contributed by atoms with van der Waals surface area (Å²) in [5, 5.41) is 14.7. The molecule has 2 N–H and O–H groups in total. The maximum Gasteiger partial charge on any atom is 0.416 e. The molecule has 2 aromatic rings. The predicted molar refractivity (Wildman–Crippen MR) is 76.8 cm³/mol. The van der Waals surface area contributed by atoms with Crippen LogP contribution < -0.4 is 10.1 Å². The molecule has 0 radical (unpaired) electrons. The number of nitrogens with zero attached hydrogens (tertiary/aromatic N) is 1. The van der Waals surface area contributed by atoms with Crippen LogP contribution in [0.4, 0.5) is 13.2 Å². The maximum atomic E-state index is 12.4. The number of ether oxygens (including phenoxy) is 1. The van der Waals surface area contributed by atoms with E-state index < -0.39 is 17.8 Å². The monoisotopic (exact) mass is 332 g/mol. The molecule has 2 rings (SSSR count). The van der Waals surface area contributed by atoms with Gasteiger partial charge in [-0.05, 0) is 24.3 Å². The molecule has 0 bridgehead atoms. The van der Waals surface area contributed by atoms with Crippen molar-refractivity contribution in [3.8, 4) is 5.75 Å². The molecule has 0 fully saturated rings. The Kier molecular flexibility index (Phi) is 5.76. The summed E-state index contributed by atoms with van der Waals surface area (Å²) in [6, 6.07) is 4.36. The highest BCUT2D eigenvalue weighted by atomic mass is 32.1. The molecule has 1 aromatic heterocycles. The van der Waals surface area contributed by atoms with Crippen LogP contribution in [0.2, 0.25) is 0 Å². The summed E-state index contributed by atoms with van der Waals surface area (Å²) in [6.45, 7) is 0.842. The van der Waals surface area contributed by atoms with Crippen molar-refractivity contribution in [3.05, 3.63) is 46.4 Å². The number of benzene rings is 1. The quantitative estimate of drug-likeness (QED) is 0.819. The van der Waals surface area contributed by atoms with Crippen LogP contribution in [-0.4, -0.2) is 29.3 Å². The Morgan fingerprint density at radius 3 is 2.59 bits per heavy atom. The van der Waals surface area contributed by atoms with E-state index in [9.17, 15) is 18.3 Å². The van der Waals surface area contributed by atoms with E-state index in [2.05, 4.69) is 10.3 Å². The Hall–Kier alpha value is -1.64. The molecule has 0 aliphatic rings. The first-order chi connectivity index (χ1) is 10.4. The number of hydrogen-bond donors (Lipinski definition) is 2. The summed E-state index contributed by atoms with van der Waals surface area (Å²) in [5.41, 5.74) is 1.88. The van der Waals surface area contributed by atoms with Crippen LogP contribution in [0.5, 0.6) is 5.75 Å². The highest BCUT2D eigenvalue weighted by Crippen LogP contribution is 2.30. The number of aliphatic hydroxyl groups excluding tert-OH is 1. The van der Waals surface area contributed by atoms with Crippen LogP contribution in [0.3, 0.4) is 0 Å². The summed E-state index contributed by atoms with van der Waals surface area (Å²) in [4.78, 5) is 4.09. The van der Waals surface area contributed by atoms with E-state index in [1.54, 1.807) is 5.51 Å². The Labute approximate surface area is 129 Å². The number of aromatic nitrogens is 1. The standard InChI is InChI=1S/C14H15F3N2O2S/c15-14(16,17)10-1-3-13(4-2-10)21-7-12(20)6-18-5-11-8-22-9-19-11/h1-4,8-9,12,18,20H,5-7H2. The van der Waals surface area contributed by atoms with Crippen LogP contribution in [-0.2, 0) is 12.7 Å². The molecule has 0 spiro atoms. The molecule has 120 valence electrons. The molecule has 4 nitrogen and oxygen atoms in total. The number of halogens is 3. The largest absolute Gasteiger partial charge is 0.491 e. The Balaban J connectivity index is 1.70. The number of alkyl halides is 3. The first kappa shape index (κ1) is 16.7. The van der Waals surface area contributed by atoms with Crippen molar-refractivity contribution in [2.24, 2.45) is 0 Å². The van der Waals surface area contributed by atoms with Gasteiger partial charge < -0.3 is 15.2 Å². The zero-order valence-corrected chi connectivity index (χ0v) is 12.3. The van der Waals surface area contributed by atoms with E-state index in [0.717, 1.165) is 17.8 Å². The van der Waals surface area contributed by atoms with Crippen molar-refractivity contribution in [3.63, 3.8) is 0 Å². The van der Waals surface area contributed by atoms with Gasteiger partial charge in [-0.25, -0.2) is 4.98 Å². The lowest BCUT2D eigenvalue weighted by Crippen LogP contribution is -2.31. The molecule has 1 atom stereocenters. The second-order valence-electron chi connectivity index (χ2n) is 4.60. The van der Waals surface area contributed by atoms with Gasteiger partial charge in [0.25, 0.3) is 0 Å². The van der Waals surface area contributed by atoms with E-state index in [-0.39, 0.29) is 12.4 Å². The van der Waals surface area contributed by atoms with E-state index in [1.807, 2.05) is 5.38 Å². The molecule has 1 unspecified atom stereocenters. The summed E-state index contributed by atoms with van der Waals surface area (Å²) < 4.78 is 42.4. The lowest BCUT2D eigenvalue weighted by Gasteiger charge is -2.13. The van der Waals surface area contributed by atoms with E-state index in [0.29, 0.717) is 13.1 Å². The fourth-order valence-corrected chi connectivity index (χ4v) is 2.24. The first-order valence-electron chi connectivity index (χ1n) is 6.51. The van der Waals surface area contributed by atoms with Crippen LogP contribution in [0.15, 0.2) is 35.2 Å². The fraction of sp³-hybridized carbons (Fsp3) is 0.357. The van der Waals surface area contributed by atoms with Crippen molar-refractivity contribution in [2.45, 2.75) is 18.8 Å². The molecular weight excluding hydrogens is 317 g/mol. The maximum absolute atomic E-state index is 12.4. The van der Waals surface area contributed by atoms with Crippen molar-refractivity contribution in [1.82, 2.24) is 10.3 Å². The van der Waals surface area contributed by atoms with Gasteiger partial charge in [0.2, 0.25) is 0 Å². The smallest absolute Gasteiger partial charge is 0.416 e. The van der Waals surface area contributed by atoms with E-state index in [1.165, 1.54) is 23.5 Å². The average molecular weight is 332 g/mol. The third kappa shape index (κ3) is 5.28. The predicted octanol–water partition coefficient (Wildman–Crippen LogP) is 2.69. The minimum absolute atomic E-state index is 0.00453. The molecule has 8 heteroatoms. The Bertz CT molecular complexity index is 558. The first-order valence-corrected chi connectivity index (χ1v) is 7.45. The number of thiazole rings is 1. The molecule has 1 heterocycles. The Morgan fingerprint density at radius 1 is 1.27 bits per heavy atom. The van der Waals surface area contributed by atoms with Gasteiger partial charge in [0.1, 0.15) is 18.5 Å². The molecule has 0 amide bonds. The van der Waals surface area contributed by atoms with Gasteiger partial charge in [-0.1, -0.05) is 0 Å². The second-order valence-corrected chi connectivity index (χ2v) is 5.32. The van der Waals surface area contributed by atoms with Gasteiger partial charge in [0.15, 0.2) is 0 Å². The van der Waals surface area contributed by atoms with E-state index in [4.69, 9.17) is 4.74 Å². The number of rotatable bonds is 7. The number of nitrogens with one attached hydrogen (secondary N) is 1. The number of hydrogen-bond acceptors (Lipinski definition) is 5. The topological polar surface area (TPSA) is 54.4 Å². The zero-order chi connectivity index (χ0) is 16.0. The summed E-state index contributed by atoms with van der Waals surface area (Å²) in [7, 11) is 0. The van der Waals surface area contributed by atoms with Gasteiger partial charge in [0, 0.05) is 18.5 Å². The summed E-state index contributed by atoms with van der Waals surface area (Å²) in [6.07, 6.45) is -5.13. The second kappa shape index (κ2) is 7.57. The minimum Gasteiger partial charge on any atom is -0.491 e. The minimum atomic E-state index is -4.36. The summed E-state index contributed by atoms with van der Waals surface area (Å²) >= 11 is 1.49. The van der Waals surface area contributed by atoms with Crippen LogP contribution in [0, 0.1) is 0 Å². The molecule has 22 heavy (non-hydrogen) atoms. The summed E-state index contributed by atoms with van der Waals surface area (Å²) in [5.74, 6) is 0.284. The van der Waals surface area contributed by atoms with E-state index >= 15 is 0 Å². The van der Waals surface area contributed by atoms with Crippen molar-refractivity contribution >= 4 is 11.3 Å². The van der Waals surface area contributed by atoms with Crippen molar-refractivity contribution in [1.29, 1.82) is 0 Å². The normalized spacial score (nSPS) is 13.1. The third-order valence-corrected chi connectivity index (χ3v) is 3.43. The molecular formula is C14H15F3N2O2S. The van der Waals surface area contributed by atoms with Gasteiger partial charge in [-0.2, -0.15) is 13.2 Å². The van der Waals surface area contributed by atoms with Gasteiger partial charge in [0.05, 0.1) is 16.8 Å². The molecule has 1 aromatic carbocycles. The SMILES string of the molecule is OC(CNCc1cscn1)COc1ccc(C(F)(F)F)cc1. The third-order valence-electron chi connectivity index (χ3n) is 2.79. The number of aliphatic hydroxyl groups is 1. The lowest BCUT2D eigenvalue weighted by atomic mass is 10.2. The average Bonchev–Trinajstić information content (AvgIpc) is 2.98. The van der Waals surface area contributed by atoms with Gasteiger partial charge >= 0.3 is 6.18 Å². The van der Waals surface area contributed by atoms with Gasteiger partial charge in [-0.15, -0.1) is 11.3 Å². The highest BCUT2D eigenvalue weighted by Gasteiger charge is 2.30. The van der Waals surface area contributed by atoms with Crippen LogP contribution in [0.1, 0.15) is 11.3 Å². The molecule has 0 aliphatic heterocycles. The molecule has 0 saturated carbocycles. The van der Waals surface area contributed by atoms with Crippen LogP contribution in [0.25, 0.3) is 0 Å². The highest BCUT2D eigenvalue weighted by molar-refractivity contribution is 7.07. The fourth-order valence-electron chi connectivity index (χ4n) is 1.68. The zero-order valence-electron chi connectivity index (χ0n) is 11.5. The lowest BCUT2D eigenvalue weighted by molar-refractivity contribution is -0.137. The van der Waals surface area contributed by atoms with Crippen molar-refractivity contribution in [2.75, 3.05) is 13.2 Å². The van der Waals surface area contributed by atoms with Crippen molar-refractivity contribution < 1.29 is 23.0 Å². The van der Waals surface area contributed by atoms with Gasteiger partial charge in [-0.3, -0.25) is 0 Å². The molecule has 0 saturated heterocycles. The molecule has 0 aliphatic carbocycles. The van der Waals surface area contributed by atoms with Crippen LogP contribution >= 0.6 is 11.3 Å².